The number of carbonyl (C=O) groups excluding carboxylic acids is 1. The van der Waals surface area contributed by atoms with Gasteiger partial charge in [-0.25, -0.2) is 0 Å². The predicted octanol–water partition coefficient (Wildman–Crippen LogP) is 10.3. The van der Waals surface area contributed by atoms with E-state index in [2.05, 4.69) is 67.8 Å². The van der Waals surface area contributed by atoms with Crippen LogP contribution in [0.4, 0.5) is 0 Å². The van der Waals surface area contributed by atoms with Gasteiger partial charge < -0.3 is 25.7 Å². The van der Waals surface area contributed by atoms with Crippen molar-refractivity contribution < 1.29 is 25.2 Å². The number of allylic oxidation sites excluding steroid dienone is 8. The molecule has 0 radical (unpaired) electrons. The molecule has 49 heavy (non-hydrogen) atoms. The lowest BCUT2D eigenvalue weighted by Gasteiger charge is -2.27. The SMILES string of the molecule is CCCC/C=C/CC/C=C/CC/C=C/CCCC(O)C(O)C(CO)NC(=O)C(O)CCCCCCCC/C=C\CCCCCCCCCC. The van der Waals surface area contributed by atoms with Gasteiger partial charge in [-0.2, -0.15) is 0 Å². The molecule has 0 aromatic carbocycles. The van der Waals surface area contributed by atoms with Crippen molar-refractivity contribution in [2.24, 2.45) is 0 Å². The molecule has 0 aromatic rings. The summed E-state index contributed by atoms with van der Waals surface area (Å²) >= 11 is 0. The second kappa shape index (κ2) is 37.5. The summed E-state index contributed by atoms with van der Waals surface area (Å²) in [5.41, 5.74) is 0. The number of unbranched alkanes of at least 4 members (excludes halogenated alkanes) is 19. The smallest absolute Gasteiger partial charge is 0.249 e. The predicted molar refractivity (Wildman–Crippen MR) is 210 cm³/mol. The van der Waals surface area contributed by atoms with Crippen LogP contribution in [0, 0.1) is 0 Å². The molecule has 0 spiro atoms. The van der Waals surface area contributed by atoms with E-state index in [-0.39, 0.29) is 0 Å². The zero-order valence-electron chi connectivity index (χ0n) is 31.9. The van der Waals surface area contributed by atoms with Crippen molar-refractivity contribution in [2.45, 2.75) is 212 Å². The fourth-order valence-electron chi connectivity index (χ4n) is 5.89. The van der Waals surface area contributed by atoms with Crippen LogP contribution in [0.3, 0.4) is 0 Å². The number of amides is 1. The molecule has 286 valence electrons. The highest BCUT2D eigenvalue weighted by atomic mass is 16.3. The van der Waals surface area contributed by atoms with Crippen LogP contribution in [0.2, 0.25) is 0 Å². The van der Waals surface area contributed by atoms with E-state index < -0.39 is 36.9 Å². The van der Waals surface area contributed by atoms with Gasteiger partial charge >= 0.3 is 0 Å². The number of hydrogen-bond donors (Lipinski definition) is 5. The topological polar surface area (TPSA) is 110 Å². The summed E-state index contributed by atoms with van der Waals surface area (Å²) < 4.78 is 0. The van der Waals surface area contributed by atoms with Crippen LogP contribution in [0.25, 0.3) is 0 Å². The number of hydrogen-bond acceptors (Lipinski definition) is 5. The van der Waals surface area contributed by atoms with Gasteiger partial charge in [0.2, 0.25) is 5.91 Å². The monoisotopic (exact) mass is 690 g/mol. The van der Waals surface area contributed by atoms with Crippen molar-refractivity contribution in [1.29, 1.82) is 0 Å². The molecule has 5 N–H and O–H groups in total. The summed E-state index contributed by atoms with van der Waals surface area (Å²) in [6, 6.07) is -1.01. The van der Waals surface area contributed by atoms with Gasteiger partial charge in [0.1, 0.15) is 12.2 Å². The Bertz CT molecular complexity index is 823. The molecule has 0 aliphatic rings. The Hall–Kier alpha value is -1.73. The second-order valence-corrected chi connectivity index (χ2v) is 13.9. The Morgan fingerprint density at radius 3 is 1.35 bits per heavy atom. The Morgan fingerprint density at radius 1 is 0.490 bits per heavy atom. The maximum Gasteiger partial charge on any atom is 0.249 e. The summed E-state index contributed by atoms with van der Waals surface area (Å²) in [7, 11) is 0. The quantitative estimate of drug-likeness (QED) is 0.0332. The average molecular weight is 690 g/mol. The van der Waals surface area contributed by atoms with Gasteiger partial charge in [-0.1, -0.05) is 152 Å². The molecule has 4 atom stereocenters. The molecule has 0 bridgehead atoms. The maximum absolute atomic E-state index is 12.5. The lowest BCUT2D eigenvalue weighted by Crippen LogP contribution is -2.53. The van der Waals surface area contributed by atoms with Crippen LogP contribution < -0.4 is 5.32 Å². The van der Waals surface area contributed by atoms with Crippen LogP contribution in [0.1, 0.15) is 187 Å². The lowest BCUT2D eigenvalue weighted by molar-refractivity contribution is -0.132. The molecule has 0 aliphatic carbocycles. The molecule has 0 saturated carbocycles. The van der Waals surface area contributed by atoms with Crippen LogP contribution in [0.5, 0.6) is 0 Å². The minimum atomic E-state index is -1.29. The highest BCUT2D eigenvalue weighted by Crippen LogP contribution is 2.14. The van der Waals surface area contributed by atoms with Gasteiger partial charge in [-0.15, -0.1) is 0 Å². The molecule has 0 heterocycles. The van der Waals surface area contributed by atoms with Crippen molar-refractivity contribution in [3.63, 3.8) is 0 Å². The molecule has 0 aromatic heterocycles. The van der Waals surface area contributed by atoms with Crippen LogP contribution in [0.15, 0.2) is 48.6 Å². The highest BCUT2D eigenvalue weighted by molar-refractivity contribution is 5.80. The lowest BCUT2D eigenvalue weighted by atomic mass is 10.00. The first-order valence-electron chi connectivity index (χ1n) is 20.5. The number of aliphatic hydroxyl groups excluding tert-OH is 4. The van der Waals surface area contributed by atoms with E-state index in [4.69, 9.17) is 0 Å². The minimum absolute atomic E-state index is 0.350. The van der Waals surface area contributed by atoms with Gasteiger partial charge in [-0.05, 0) is 83.5 Å². The third-order valence-corrected chi connectivity index (χ3v) is 9.22. The van der Waals surface area contributed by atoms with Crippen LogP contribution in [-0.4, -0.2) is 57.3 Å². The molecule has 0 aliphatic heterocycles. The van der Waals surface area contributed by atoms with Gasteiger partial charge in [-0.3, -0.25) is 4.79 Å². The molecular weight excluding hydrogens is 610 g/mol. The Labute approximate surface area is 302 Å². The molecule has 0 fully saturated rings. The van der Waals surface area contributed by atoms with E-state index in [1.54, 1.807) is 0 Å². The highest BCUT2D eigenvalue weighted by Gasteiger charge is 2.28. The first-order chi connectivity index (χ1) is 24.0. The van der Waals surface area contributed by atoms with Crippen molar-refractivity contribution in [1.82, 2.24) is 5.32 Å². The normalized spacial score (nSPS) is 14.8. The standard InChI is InChI=1S/C43H79NO5/c1-3-5-7-9-11-13-15-17-19-20-21-23-25-27-29-31-33-35-37-41(47)43(49)44-39(38-45)42(48)40(46)36-34-32-30-28-26-24-22-18-16-14-12-10-8-6-4-2/h10,12,18,20-22,28,30,39-42,45-48H,3-9,11,13-17,19,23-27,29,31-38H2,1-2H3,(H,44,49)/b12-10+,21-20-,22-18+,30-28+. The summed E-state index contributed by atoms with van der Waals surface area (Å²) in [4.78, 5) is 12.5. The largest absolute Gasteiger partial charge is 0.394 e. The van der Waals surface area contributed by atoms with Crippen molar-refractivity contribution >= 4 is 5.91 Å². The number of rotatable bonds is 36. The molecule has 6 heteroatoms. The van der Waals surface area contributed by atoms with E-state index in [0.717, 1.165) is 64.2 Å². The third kappa shape index (κ3) is 32.0. The first-order valence-corrected chi connectivity index (χ1v) is 20.5. The number of carbonyl (C=O) groups is 1. The number of nitrogens with one attached hydrogen (secondary N) is 1. The fraction of sp³-hybridized carbons (Fsp3) is 0.791. The summed E-state index contributed by atoms with van der Waals surface area (Å²) in [5, 5.41) is 43.5. The molecule has 4 unspecified atom stereocenters. The molecule has 1 amide bonds. The van der Waals surface area contributed by atoms with Gasteiger partial charge in [0.25, 0.3) is 0 Å². The Balaban J connectivity index is 3.86. The third-order valence-electron chi connectivity index (χ3n) is 9.22. The van der Waals surface area contributed by atoms with Crippen LogP contribution >= 0.6 is 0 Å². The Kier molecular flexibility index (Phi) is 36.2. The van der Waals surface area contributed by atoms with E-state index >= 15 is 0 Å². The van der Waals surface area contributed by atoms with Gasteiger partial charge in [0, 0.05) is 0 Å². The molecule has 6 nitrogen and oxygen atoms in total. The summed E-state index contributed by atoms with van der Waals surface area (Å²) in [5.74, 6) is -0.607. The molecule has 0 rings (SSSR count). The van der Waals surface area contributed by atoms with E-state index in [1.807, 2.05) is 0 Å². The summed E-state index contributed by atoms with van der Waals surface area (Å²) in [6.45, 7) is 3.97. The van der Waals surface area contributed by atoms with E-state index in [0.29, 0.717) is 19.3 Å². The van der Waals surface area contributed by atoms with Gasteiger partial charge in [0.15, 0.2) is 0 Å². The van der Waals surface area contributed by atoms with Crippen molar-refractivity contribution in [3.8, 4) is 0 Å². The maximum atomic E-state index is 12.5. The first kappa shape index (κ1) is 47.3. The van der Waals surface area contributed by atoms with Crippen molar-refractivity contribution in [2.75, 3.05) is 6.61 Å². The zero-order valence-corrected chi connectivity index (χ0v) is 31.9. The van der Waals surface area contributed by atoms with Crippen molar-refractivity contribution in [3.05, 3.63) is 48.6 Å². The zero-order chi connectivity index (χ0) is 36.0. The Morgan fingerprint density at radius 2 is 0.878 bits per heavy atom. The van der Waals surface area contributed by atoms with E-state index in [1.165, 1.54) is 89.9 Å². The fourth-order valence-corrected chi connectivity index (χ4v) is 5.89. The minimum Gasteiger partial charge on any atom is -0.394 e. The average Bonchev–Trinajstić information content (AvgIpc) is 3.11. The van der Waals surface area contributed by atoms with Gasteiger partial charge in [0.05, 0.1) is 18.8 Å². The summed E-state index contributed by atoms with van der Waals surface area (Å²) in [6.07, 6.45) is 44.2. The number of aliphatic hydroxyl groups is 4. The van der Waals surface area contributed by atoms with E-state index in [9.17, 15) is 25.2 Å². The molecule has 0 saturated heterocycles. The second-order valence-electron chi connectivity index (χ2n) is 13.9. The van der Waals surface area contributed by atoms with Crippen LogP contribution in [-0.2, 0) is 4.79 Å². The molecular formula is C43H79NO5.